The van der Waals surface area contributed by atoms with Crippen LogP contribution in [0, 0.1) is 13.8 Å². The Morgan fingerprint density at radius 1 is 0.500 bits per heavy atom. The van der Waals surface area contributed by atoms with Crippen LogP contribution in [0.5, 0.6) is 0 Å². The van der Waals surface area contributed by atoms with Gasteiger partial charge in [0.15, 0.2) is 0 Å². The third kappa shape index (κ3) is 47.4. The van der Waals surface area contributed by atoms with E-state index in [1.165, 1.54) is 128 Å². The van der Waals surface area contributed by atoms with Crippen molar-refractivity contribution in [2.45, 2.75) is 201 Å². The second kappa shape index (κ2) is 46.1. The number of carbonyl (C=O) groups is 2. The molecule has 0 fully saturated rings. The molecule has 0 aliphatic heterocycles. The normalized spacial score (nSPS) is 9.87. The number of hydrogen-bond donors (Lipinski definition) is 0. The van der Waals surface area contributed by atoms with Gasteiger partial charge in [0, 0.05) is 5.97 Å². The third-order valence-corrected chi connectivity index (χ3v) is 7.70. The van der Waals surface area contributed by atoms with Crippen LogP contribution in [0.2, 0.25) is 0 Å². The summed E-state index contributed by atoms with van der Waals surface area (Å²) in [6.07, 6.45) is 33.6. The molecule has 0 aliphatic carbocycles. The summed E-state index contributed by atoms with van der Waals surface area (Å²) in [7, 11) is 0. The van der Waals surface area contributed by atoms with Gasteiger partial charge in [-0.15, -0.1) is 0 Å². The van der Waals surface area contributed by atoms with E-state index in [0.29, 0.717) is 0 Å². The van der Waals surface area contributed by atoms with Gasteiger partial charge in [-0.05, 0) is 36.8 Å². The molecule has 1 aromatic rings. The van der Waals surface area contributed by atoms with Crippen molar-refractivity contribution >= 4 is 35.8 Å². The number of carbonyl (C=O) groups excluding carboxylic acids is 2. The molecule has 0 N–H and O–H groups in total. The van der Waals surface area contributed by atoms with Crippen LogP contribution in [0.15, 0.2) is 24.3 Å². The van der Waals surface area contributed by atoms with Gasteiger partial charge in [-0.3, -0.25) is 0 Å². The van der Waals surface area contributed by atoms with E-state index < -0.39 is 11.9 Å². The molecule has 0 aliphatic rings. The SMILES string of the molecule is CCCCCCCCCCCCCCCCCCCCCC(=O)[O-].CCCCc1ccc(C(=O)[O-])cc1.[CH2]CCC.[CH2]CCC.[Sn+2]. The fraction of sp³-hybridized carbons (Fsp3) is 0.756. The number of aromatic carboxylic acids is 1. The Hall–Kier alpha value is -1.04. The topological polar surface area (TPSA) is 80.3 Å². The van der Waals surface area contributed by atoms with Gasteiger partial charge in [0.05, 0.1) is 5.97 Å². The van der Waals surface area contributed by atoms with Gasteiger partial charge in [-0.25, -0.2) is 0 Å². The number of carboxylic acids is 2. The molecule has 1 rings (SSSR count). The molecule has 0 spiro atoms. The second-order valence-electron chi connectivity index (χ2n) is 12.3. The first-order chi connectivity index (χ1) is 21.8. The van der Waals surface area contributed by atoms with Crippen LogP contribution in [0.3, 0.4) is 0 Å². The van der Waals surface area contributed by atoms with Crippen LogP contribution in [0.4, 0.5) is 0 Å². The largest absolute Gasteiger partial charge is 2.00 e. The smallest absolute Gasteiger partial charge is 0.550 e. The fourth-order valence-corrected chi connectivity index (χ4v) is 4.54. The summed E-state index contributed by atoms with van der Waals surface area (Å²) in [5.41, 5.74) is 1.44. The summed E-state index contributed by atoms with van der Waals surface area (Å²) in [5.74, 6) is -2.01. The first-order valence-electron chi connectivity index (χ1n) is 18.9. The summed E-state index contributed by atoms with van der Waals surface area (Å²) in [6, 6.07) is 6.89. The summed E-state index contributed by atoms with van der Waals surface area (Å²) >= 11 is 0. The number of aliphatic carboxylic acids is 1. The Morgan fingerprint density at radius 3 is 1.07 bits per heavy atom. The summed E-state index contributed by atoms with van der Waals surface area (Å²) in [5, 5.41) is 20.7. The van der Waals surface area contributed by atoms with Crippen LogP contribution in [0.1, 0.15) is 211 Å². The zero-order valence-corrected chi connectivity index (χ0v) is 33.8. The maximum atomic E-state index is 10.4. The van der Waals surface area contributed by atoms with Gasteiger partial charge in [-0.1, -0.05) is 213 Å². The molecule has 0 atom stereocenters. The molecule has 5 heteroatoms. The van der Waals surface area contributed by atoms with Gasteiger partial charge in [0.25, 0.3) is 0 Å². The Bertz CT molecular complexity index is 697. The van der Waals surface area contributed by atoms with Crippen molar-refractivity contribution in [3.8, 4) is 0 Å². The molecular weight excluding hydrogens is 675 g/mol. The minimum atomic E-state index is -1.11. The molecule has 0 bridgehead atoms. The zero-order chi connectivity index (χ0) is 34.2. The van der Waals surface area contributed by atoms with Crippen molar-refractivity contribution in [2.75, 3.05) is 0 Å². The van der Waals surface area contributed by atoms with Crippen molar-refractivity contribution in [1.29, 1.82) is 0 Å². The number of unbranched alkanes of at least 4 members (excludes halogenated alkanes) is 21. The minimum absolute atomic E-state index is 0. The van der Waals surface area contributed by atoms with Gasteiger partial charge >= 0.3 is 23.9 Å². The van der Waals surface area contributed by atoms with Crippen LogP contribution in [-0.4, -0.2) is 35.8 Å². The van der Waals surface area contributed by atoms with Crippen LogP contribution >= 0.6 is 0 Å². The first kappa shape index (κ1) is 51.8. The van der Waals surface area contributed by atoms with E-state index in [1.807, 2.05) is 12.1 Å². The van der Waals surface area contributed by atoms with E-state index in [0.717, 1.165) is 44.9 Å². The molecule has 0 saturated carbocycles. The standard InChI is InChI=1S/C22H44O2.C11H14O2.2C4H9.Sn/c1-2-3-4-5-6-7-8-9-10-11-12-13-14-15-16-17-18-19-20-21-22(23)24;1-2-3-4-9-5-7-10(8-6-9)11(12)13;2*1-3-4-2;/h2-21H2,1H3,(H,23,24);5-8H,2-4H2,1H3,(H,12,13);2*1,3-4H2,2H3;/q;;;;+2/p-2. The van der Waals surface area contributed by atoms with Crippen molar-refractivity contribution < 1.29 is 19.8 Å². The predicted octanol–water partition coefficient (Wildman–Crippen LogP) is 10.8. The first-order valence-corrected chi connectivity index (χ1v) is 18.9. The quantitative estimate of drug-likeness (QED) is 0.0698. The number of rotatable bonds is 26. The fourth-order valence-electron chi connectivity index (χ4n) is 4.54. The van der Waals surface area contributed by atoms with E-state index in [1.54, 1.807) is 12.1 Å². The second-order valence-corrected chi connectivity index (χ2v) is 12.3. The van der Waals surface area contributed by atoms with E-state index in [9.17, 15) is 19.8 Å². The van der Waals surface area contributed by atoms with Gasteiger partial charge in [0.1, 0.15) is 0 Å². The van der Waals surface area contributed by atoms with Crippen molar-refractivity contribution in [2.24, 2.45) is 0 Å². The van der Waals surface area contributed by atoms with E-state index in [-0.39, 0.29) is 35.9 Å². The molecular formula is C41H74O4Sn. The van der Waals surface area contributed by atoms with Crippen molar-refractivity contribution in [1.82, 2.24) is 0 Å². The van der Waals surface area contributed by atoms with E-state index >= 15 is 0 Å². The van der Waals surface area contributed by atoms with Crippen molar-refractivity contribution in [3.63, 3.8) is 0 Å². The molecule has 46 heavy (non-hydrogen) atoms. The Balaban J connectivity index is -0.000000332. The monoisotopic (exact) mass is 750 g/mol. The van der Waals surface area contributed by atoms with Gasteiger partial charge < -0.3 is 19.8 Å². The molecule has 0 amide bonds. The van der Waals surface area contributed by atoms with Gasteiger partial charge in [0.2, 0.25) is 0 Å². The van der Waals surface area contributed by atoms with Crippen LogP contribution in [-0.2, 0) is 11.2 Å². The molecule has 4 nitrogen and oxygen atoms in total. The molecule has 0 unspecified atom stereocenters. The molecule has 1 aromatic carbocycles. The van der Waals surface area contributed by atoms with Crippen LogP contribution in [0.25, 0.3) is 0 Å². The number of hydrogen-bond acceptors (Lipinski definition) is 4. The van der Waals surface area contributed by atoms with E-state index in [4.69, 9.17) is 0 Å². The summed E-state index contributed by atoms with van der Waals surface area (Å²) < 4.78 is 0. The zero-order valence-electron chi connectivity index (χ0n) is 30.9. The third-order valence-electron chi connectivity index (χ3n) is 7.70. The predicted molar refractivity (Wildman–Crippen MR) is 199 cm³/mol. The number of benzene rings is 1. The Kier molecular flexibility index (Phi) is 51.9. The molecule has 0 saturated heterocycles. The maximum Gasteiger partial charge on any atom is 2.00 e. The molecule has 4 radical (unpaired) electrons. The average Bonchev–Trinajstić information content (AvgIpc) is 3.05. The maximum absolute atomic E-state index is 10.4. The number of aryl methyl sites for hydroxylation is 1. The summed E-state index contributed by atoms with van der Waals surface area (Å²) in [4.78, 5) is 20.7. The van der Waals surface area contributed by atoms with E-state index in [2.05, 4.69) is 41.5 Å². The Labute approximate surface area is 304 Å². The average molecular weight is 750 g/mol. The molecule has 0 aromatic heterocycles. The Morgan fingerprint density at radius 2 is 0.804 bits per heavy atom. The number of carboxylic acid groups (broad SMARTS) is 2. The summed E-state index contributed by atoms with van der Waals surface area (Å²) in [6.45, 7) is 15.9. The molecule has 0 heterocycles. The van der Waals surface area contributed by atoms with Crippen LogP contribution < -0.4 is 10.2 Å². The van der Waals surface area contributed by atoms with Gasteiger partial charge in [-0.2, -0.15) is 0 Å². The molecule has 266 valence electrons. The van der Waals surface area contributed by atoms with Crippen molar-refractivity contribution in [3.05, 3.63) is 49.2 Å². The minimum Gasteiger partial charge on any atom is -0.550 e.